The molecule has 3 nitrogen and oxygen atoms in total. The molecule has 1 unspecified atom stereocenters. The minimum atomic E-state index is -3.42. The molecule has 1 saturated heterocycles. The first kappa shape index (κ1) is 16.2. The van der Waals surface area contributed by atoms with Crippen LogP contribution in [0.2, 0.25) is 0 Å². The Morgan fingerprint density at radius 3 is 2.22 bits per heavy atom. The summed E-state index contributed by atoms with van der Waals surface area (Å²) in [6, 6.07) is 14.1. The maximum atomic E-state index is 13.1. The largest absolute Gasteiger partial charge is 0.243 e. The Labute approximate surface area is 139 Å². The van der Waals surface area contributed by atoms with E-state index in [1.54, 1.807) is 4.31 Å². The van der Waals surface area contributed by atoms with E-state index in [0.717, 1.165) is 23.1 Å². The third-order valence-corrected chi connectivity index (χ3v) is 6.80. The summed E-state index contributed by atoms with van der Waals surface area (Å²) < 4.78 is 27.8. The van der Waals surface area contributed by atoms with Crippen LogP contribution in [0.3, 0.4) is 0 Å². The number of benzene rings is 2. The van der Waals surface area contributed by atoms with Gasteiger partial charge in [0.15, 0.2) is 0 Å². The van der Waals surface area contributed by atoms with E-state index in [0.29, 0.717) is 18.0 Å². The first-order valence-electron chi connectivity index (χ1n) is 8.02. The van der Waals surface area contributed by atoms with Crippen molar-refractivity contribution in [1.82, 2.24) is 4.31 Å². The van der Waals surface area contributed by atoms with Gasteiger partial charge in [0.05, 0.1) is 4.90 Å². The normalized spacial score (nSPS) is 19.2. The number of nitrogens with zero attached hydrogens (tertiary/aromatic N) is 1. The molecule has 122 valence electrons. The predicted molar refractivity (Wildman–Crippen MR) is 93.2 cm³/mol. The fourth-order valence-corrected chi connectivity index (χ4v) is 5.56. The van der Waals surface area contributed by atoms with Gasteiger partial charge in [0.1, 0.15) is 0 Å². The monoisotopic (exact) mass is 329 g/mol. The summed E-state index contributed by atoms with van der Waals surface area (Å²) in [4.78, 5) is 0.483. The Morgan fingerprint density at radius 2 is 1.61 bits per heavy atom. The molecule has 0 aromatic heterocycles. The zero-order valence-corrected chi connectivity index (χ0v) is 14.7. The summed E-state index contributed by atoms with van der Waals surface area (Å²) in [7, 11) is -3.42. The second kappa shape index (κ2) is 6.10. The van der Waals surface area contributed by atoms with Gasteiger partial charge in [0.2, 0.25) is 10.0 Å². The van der Waals surface area contributed by atoms with Crippen LogP contribution in [-0.4, -0.2) is 25.8 Å². The van der Waals surface area contributed by atoms with Gasteiger partial charge in [0.25, 0.3) is 0 Å². The number of rotatable bonds is 3. The molecule has 3 rings (SSSR count). The third kappa shape index (κ3) is 3.06. The van der Waals surface area contributed by atoms with Crippen molar-refractivity contribution in [1.29, 1.82) is 0 Å². The first-order valence-corrected chi connectivity index (χ1v) is 9.46. The summed E-state index contributed by atoms with van der Waals surface area (Å²) in [5.74, 6) is 0.289. The van der Waals surface area contributed by atoms with Crippen molar-refractivity contribution in [2.24, 2.45) is 0 Å². The second-order valence-corrected chi connectivity index (χ2v) is 8.36. The van der Waals surface area contributed by atoms with E-state index in [2.05, 4.69) is 12.1 Å². The van der Waals surface area contributed by atoms with Gasteiger partial charge >= 0.3 is 0 Å². The molecular formula is C19H23NO2S. The van der Waals surface area contributed by atoms with Crippen LogP contribution in [0.25, 0.3) is 0 Å². The van der Waals surface area contributed by atoms with E-state index in [1.165, 1.54) is 5.56 Å². The second-order valence-electron chi connectivity index (χ2n) is 6.49. The smallest absolute Gasteiger partial charge is 0.207 e. The standard InChI is InChI=1S/C19H23NO2S/c1-14-11-15(2)19(16(3)12-14)23(21,22)20-10-9-18(13-20)17-7-5-4-6-8-17/h4-8,11-12,18H,9-10,13H2,1-3H3. The highest BCUT2D eigenvalue weighted by Gasteiger charge is 2.34. The average molecular weight is 329 g/mol. The topological polar surface area (TPSA) is 37.4 Å². The fraction of sp³-hybridized carbons (Fsp3) is 0.368. The van der Waals surface area contributed by atoms with Gasteiger partial charge in [-0.05, 0) is 49.8 Å². The Balaban J connectivity index is 1.91. The Morgan fingerprint density at radius 1 is 1.00 bits per heavy atom. The van der Waals surface area contributed by atoms with Crippen LogP contribution in [0.5, 0.6) is 0 Å². The lowest BCUT2D eigenvalue weighted by molar-refractivity contribution is 0.472. The van der Waals surface area contributed by atoms with Crippen molar-refractivity contribution in [3.05, 3.63) is 64.7 Å². The number of sulfonamides is 1. The summed E-state index contributed by atoms with van der Waals surface area (Å²) in [6.07, 6.45) is 0.882. The maximum Gasteiger partial charge on any atom is 0.243 e. The molecule has 0 saturated carbocycles. The predicted octanol–water partition coefficient (Wildman–Crippen LogP) is 3.79. The van der Waals surface area contributed by atoms with E-state index < -0.39 is 10.0 Å². The molecule has 23 heavy (non-hydrogen) atoms. The van der Waals surface area contributed by atoms with Crippen molar-refractivity contribution in [2.45, 2.75) is 38.0 Å². The van der Waals surface area contributed by atoms with Crippen LogP contribution in [-0.2, 0) is 10.0 Å². The molecule has 0 spiro atoms. The van der Waals surface area contributed by atoms with E-state index in [-0.39, 0.29) is 5.92 Å². The number of aryl methyl sites for hydroxylation is 3. The zero-order chi connectivity index (χ0) is 16.6. The molecule has 1 aliphatic rings. The molecule has 0 bridgehead atoms. The van der Waals surface area contributed by atoms with Crippen LogP contribution in [0.15, 0.2) is 47.4 Å². The molecular weight excluding hydrogens is 306 g/mol. The van der Waals surface area contributed by atoms with Crippen LogP contribution in [0, 0.1) is 20.8 Å². The molecule has 4 heteroatoms. The summed E-state index contributed by atoms with van der Waals surface area (Å²) in [5.41, 5.74) is 4.00. The lowest BCUT2D eigenvalue weighted by Gasteiger charge is -2.20. The van der Waals surface area contributed by atoms with Crippen LogP contribution in [0.1, 0.15) is 34.6 Å². The van der Waals surface area contributed by atoms with Gasteiger partial charge in [-0.15, -0.1) is 0 Å². The highest BCUT2D eigenvalue weighted by Crippen LogP contribution is 2.33. The maximum absolute atomic E-state index is 13.1. The SMILES string of the molecule is Cc1cc(C)c(S(=O)(=O)N2CCC(c3ccccc3)C2)c(C)c1. The molecule has 2 aromatic rings. The van der Waals surface area contributed by atoms with Gasteiger partial charge in [-0.1, -0.05) is 48.0 Å². The average Bonchev–Trinajstić information content (AvgIpc) is 2.97. The Bertz CT molecular complexity index is 790. The van der Waals surface area contributed by atoms with Crippen molar-refractivity contribution >= 4 is 10.0 Å². The van der Waals surface area contributed by atoms with E-state index in [4.69, 9.17) is 0 Å². The summed E-state index contributed by atoms with van der Waals surface area (Å²) in [6.45, 7) is 6.93. The molecule has 2 aromatic carbocycles. The molecule has 0 amide bonds. The highest BCUT2D eigenvalue weighted by molar-refractivity contribution is 7.89. The zero-order valence-electron chi connectivity index (χ0n) is 13.9. The van der Waals surface area contributed by atoms with E-state index in [1.807, 2.05) is 51.1 Å². The van der Waals surface area contributed by atoms with Gasteiger partial charge in [0, 0.05) is 13.1 Å². The molecule has 1 aliphatic heterocycles. The highest BCUT2D eigenvalue weighted by atomic mass is 32.2. The quantitative estimate of drug-likeness (QED) is 0.859. The number of hydrogen-bond donors (Lipinski definition) is 0. The van der Waals surface area contributed by atoms with Crippen molar-refractivity contribution in [3.8, 4) is 0 Å². The van der Waals surface area contributed by atoms with Gasteiger partial charge < -0.3 is 0 Å². The van der Waals surface area contributed by atoms with E-state index >= 15 is 0 Å². The molecule has 1 heterocycles. The molecule has 0 aliphatic carbocycles. The van der Waals surface area contributed by atoms with Gasteiger partial charge in [-0.25, -0.2) is 8.42 Å². The van der Waals surface area contributed by atoms with Crippen LogP contribution in [0.4, 0.5) is 0 Å². The lowest BCUT2D eigenvalue weighted by Crippen LogP contribution is -2.30. The molecule has 0 radical (unpaired) electrons. The first-order chi connectivity index (χ1) is 10.9. The molecule has 0 N–H and O–H groups in total. The third-order valence-electron chi connectivity index (χ3n) is 4.62. The minimum absolute atomic E-state index is 0.289. The summed E-state index contributed by atoms with van der Waals surface area (Å²) >= 11 is 0. The van der Waals surface area contributed by atoms with Crippen molar-refractivity contribution < 1.29 is 8.42 Å². The van der Waals surface area contributed by atoms with Crippen molar-refractivity contribution in [3.63, 3.8) is 0 Å². The van der Waals surface area contributed by atoms with Crippen LogP contribution < -0.4 is 0 Å². The Hall–Kier alpha value is -1.65. The molecule has 1 fully saturated rings. The Kier molecular flexibility index (Phi) is 4.30. The number of hydrogen-bond acceptors (Lipinski definition) is 2. The minimum Gasteiger partial charge on any atom is -0.207 e. The van der Waals surface area contributed by atoms with Crippen molar-refractivity contribution in [2.75, 3.05) is 13.1 Å². The van der Waals surface area contributed by atoms with Crippen LogP contribution >= 0.6 is 0 Å². The van der Waals surface area contributed by atoms with Gasteiger partial charge in [-0.3, -0.25) is 0 Å². The van der Waals surface area contributed by atoms with E-state index in [9.17, 15) is 8.42 Å². The molecule has 1 atom stereocenters. The lowest BCUT2D eigenvalue weighted by atomic mass is 9.99. The van der Waals surface area contributed by atoms with Gasteiger partial charge in [-0.2, -0.15) is 4.31 Å². The summed E-state index contributed by atoms with van der Waals surface area (Å²) in [5, 5.41) is 0. The fourth-order valence-electron chi connectivity index (χ4n) is 3.65.